The minimum Gasteiger partial charge on any atom is -0.493 e. The van der Waals surface area contributed by atoms with Crippen LogP contribution in [-0.2, 0) is 11.2 Å². The van der Waals surface area contributed by atoms with Crippen LogP contribution < -0.4 is 4.74 Å². The number of carbonyl (C=O) groups is 1. The molecule has 2 nitrogen and oxygen atoms in total. The molecule has 1 aromatic rings. The van der Waals surface area contributed by atoms with E-state index in [4.69, 9.17) is 4.74 Å². The number of ketones is 1. The maximum Gasteiger partial charge on any atom is 0.155 e. The van der Waals surface area contributed by atoms with E-state index in [-0.39, 0.29) is 5.78 Å². The summed E-state index contributed by atoms with van der Waals surface area (Å²) >= 11 is 0. The van der Waals surface area contributed by atoms with Crippen LogP contribution in [0.15, 0.2) is 29.8 Å². The predicted octanol–water partition coefficient (Wildman–Crippen LogP) is 4.40. The van der Waals surface area contributed by atoms with Crippen molar-refractivity contribution in [2.45, 2.75) is 52.4 Å². The van der Waals surface area contributed by atoms with E-state index in [0.717, 1.165) is 44.5 Å². The Labute approximate surface area is 121 Å². The molecule has 0 unspecified atom stereocenters. The van der Waals surface area contributed by atoms with Crippen molar-refractivity contribution in [2.24, 2.45) is 0 Å². The van der Waals surface area contributed by atoms with Crippen LogP contribution >= 0.6 is 0 Å². The molecule has 0 spiro atoms. The summed E-state index contributed by atoms with van der Waals surface area (Å²) in [6, 6.07) is 6.38. The molecule has 2 rings (SSSR count). The molecule has 0 aliphatic heterocycles. The molecule has 0 amide bonds. The lowest BCUT2D eigenvalue weighted by Gasteiger charge is -2.14. The van der Waals surface area contributed by atoms with Gasteiger partial charge in [-0.2, -0.15) is 0 Å². The van der Waals surface area contributed by atoms with Crippen molar-refractivity contribution in [1.82, 2.24) is 0 Å². The first-order valence-corrected chi connectivity index (χ1v) is 7.63. The molecule has 108 valence electrons. The topological polar surface area (TPSA) is 26.3 Å². The van der Waals surface area contributed by atoms with E-state index in [9.17, 15) is 4.79 Å². The monoisotopic (exact) mass is 272 g/mol. The van der Waals surface area contributed by atoms with Crippen LogP contribution in [0.5, 0.6) is 5.75 Å². The van der Waals surface area contributed by atoms with Gasteiger partial charge in [0.25, 0.3) is 0 Å². The van der Waals surface area contributed by atoms with Crippen LogP contribution in [0.3, 0.4) is 0 Å². The number of benzene rings is 1. The highest BCUT2D eigenvalue weighted by molar-refractivity contribution is 5.91. The van der Waals surface area contributed by atoms with Gasteiger partial charge in [-0.1, -0.05) is 31.1 Å². The Morgan fingerprint density at radius 2 is 2.10 bits per heavy atom. The number of allylic oxidation sites excluding steroid dienone is 2. The normalized spacial score (nSPS) is 15.1. The smallest absolute Gasteiger partial charge is 0.155 e. The fourth-order valence-corrected chi connectivity index (χ4v) is 2.50. The lowest BCUT2D eigenvalue weighted by atomic mass is 9.93. The second-order valence-electron chi connectivity index (χ2n) is 5.60. The van der Waals surface area contributed by atoms with Crippen molar-refractivity contribution in [3.8, 4) is 5.75 Å². The number of hydrogen-bond acceptors (Lipinski definition) is 2. The molecule has 0 heterocycles. The van der Waals surface area contributed by atoms with E-state index in [1.54, 1.807) is 0 Å². The van der Waals surface area contributed by atoms with Crippen molar-refractivity contribution < 1.29 is 9.53 Å². The summed E-state index contributed by atoms with van der Waals surface area (Å²) in [5.74, 6) is 1.26. The first-order chi connectivity index (χ1) is 9.69. The fraction of sp³-hybridized carbons (Fsp3) is 0.500. The number of rotatable bonds is 6. The standard InChI is InChI=1S/C18H24O2/c1-3-4-10-20-18-13-16(9-8-14(18)2)11-15-6-5-7-17(19)12-15/h8-9,12-13H,3-7,10-11H2,1-2H3. The molecule has 0 N–H and O–H groups in total. The number of aryl methyl sites for hydroxylation is 1. The van der Waals surface area contributed by atoms with E-state index in [1.807, 2.05) is 6.08 Å². The molecule has 0 atom stereocenters. The summed E-state index contributed by atoms with van der Waals surface area (Å²) in [6.07, 6.45) is 7.69. The summed E-state index contributed by atoms with van der Waals surface area (Å²) in [7, 11) is 0. The molecular weight excluding hydrogens is 248 g/mol. The zero-order valence-corrected chi connectivity index (χ0v) is 12.6. The minimum absolute atomic E-state index is 0.276. The molecule has 2 heteroatoms. The van der Waals surface area contributed by atoms with Gasteiger partial charge in [0.05, 0.1) is 6.61 Å². The maximum atomic E-state index is 11.5. The number of hydrogen-bond donors (Lipinski definition) is 0. The first-order valence-electron chi connectivity index (χ1n) is 7.63. The molecule has 0 radical (unpaired) electrons. The Kier molecular flexibility index (Phi) is 5.40. The van der Waals surface area contributed by atoms with Gasteiger partial charge >= 0.3 is 0 Å². The third-order valence-electron chi connectivity index (χ3n) is 3.73. The lowest BCUT2D eigenvalue weighted by Crippen LogP contribution is -2.05. The van der Waals surface area contributed by atoms with E-state index in [1.165, 1.54) is 16.7 Å². The SMILES string of the molecule is CCCCOc1cc(CC2=CC(=O)CCC2)ccc1C. The average molecular weight is 272 g/mol. The van der Waals surface area contributed by atoms with Crippen LogP contribution in [0.2, 0.25) is 0 Å². The van der Waals surface area contributed by atoms with Gasteiger partial charge in [0, 0.05) is 6.42 Å². The molecule has 0 bridgehead atoms. The quantitative estimate of drug-likeness (QED) is 0.718. The lowest BCUT2D eigenvalue weighted by molar-refractivity contribution is -0.115. The Morgan fingerprint density at radius 1 is 1.25 bits per heavy atom. The third-order valence-corrected chi connectivity index (χ3v) is 3.73. The fourth-order valence-electron chi connectivity index (χ4n) is 2.50. The van der Waals surface area contributed by atoms with Crippen molar-refractivity contribution in [3.63, 3.8) is 0 Å². The van der Waals surface area contributed by atoms with Gasteiger partial charge in [0.2, 0.25) is 0 Å². The van der Waals surface area contributed by atoms with Gasteiger partial charge in [-0.3, -0.25) is 4.79 Å². The molecule has 1 aliphatic carbocycles. The molecule has 0 fully saturated rings. The zero-order chi connectivity index (χ0) is 14.4. The van der Waals surface area contributed by atoms with E-state index >= 15 is 0 Å². The first kappa shape index (κ1) is 14.8. The van der Waals surface area contributed by atoms with Crippen LogP contribution in [0.4, 0.5) is 0 Å². The van der Waals surface area contributed by atoms with Crippen molar-refractivity contribution in [1.29, 1.82) is 0 Å². The molecule has 0 saturated carbocycles. The molecular formula is C18H24O2. The minimum atomic E-state index is 0.276. The average Bonchev–Trinajstić information content (AvgIpc) is 2.42. The van der Waals surface area contributed by atoms with Crippen molar-refractivity contribution in [3.05, 3.63) is 41.0 Å². The molecule has 1 aromatic carbocycles. The van der Waals surface area contributed by atoms with E-state index < -0.39 is 0 Å². The molecule has 1 aliphatic rings. The zero-order valence-electron chi connectivity index (χ0n) is 12.6. The highest BCUT2D eigenvalue weighted by atomic mass is 16.5. The van der Waals surface area contributed by atoms with Crippen molar-refractivity contribution >= 4 is 5.78 Å². The summed E-state index contributed by atoms with van der Waals surface area (Å²) in [6.45, 7) is 5.02. The Hall–Kier alpha value is -1.57. The molecule has 0 aromatic heterocycles. The third kappa shape index (κ3) is 4.22. The summed E-state index contributed by atoms with van der Waals surface area (Å²) in [4.78, 5) is 11.5. The van der Waals surface area contributed by atoms with Gasteiger partial charge < -0.3 is 4.74 Å². The van der Waals surface area contributed by atoms with Gasteiger partial charge in [0.1, 0.15) is 5.75 Å². The number of unbranched alkanes of at least 4 members (excludes halogenated alkanes) is 1. The predicted molar refractivity (Wildman–Crippen MR) is 82.2 cm³/mol. The van der Waals surface area contributed by atoms with Crippen molar-refractivity contribution in [2.75, 3.05) is 6.61 Å². The molecule has 0 saturated heterocycles. The van der Waals surface area contributed by atoms with Crippen LogP contribution in [-0.4, -0.2) is 12.4 Å². The Morgan fingerprint density at radius 3 is 2.85 bits per heavy atom. The summed E-state index contributed by atoms with van der Waals surface area (Å²) in [5.41, 5.74) is 3.67. The van der Waals surface area contributed by atoms with Crippen LogP contribution in [0, 0.1) is 6.92 Å². The largest absolute Gasteiger partial charge is 0.493 e. The van der Waals surface area contributed by atoms with E-state index in [2.05, 4.69) is 32.0 Å². The van der Waals surface area contributed by atoms with Crippen LogP contribution in [0.25, 0.3) is 0 Å². The maximum absolute atomic E-state index is 11.5. The highest BCUT2D eigenvalue weighted by Gasteiger charge is 2.11. The van der Waals surface area contributed by atoms with Gasteiger partial charge in [-0.05, 0) is 55.9 Å². The van der Waals surface area contributed by atoms with Gasteiger partial charge in [0.15, 0.2) is 5.78 Å². The van der Waals surface area contributed by atoms with Crippen LogP contribution in [0.1, 0.15) is 50.2 Å². The highest BCUT2D eigenvalue weighted by Crippen LogP contribution is 2.24. The second kappa shape index (κ2) is 7.28. The van der Waals surface area contributed by atoms with Gasteiger partial charge in [-0.15, -0.1) is 0 Å². The Balaban J connectivity index is 2.04. The Bertz CT molecular complexity index is 500. The number of ether oxygens (including phenoxy) is 1. The second-order valence-corrected chi connectivity index (χ2v) is 5.60. The summed E-state index contributed by atoms with van der Waals surface area (Å²) in [5, 5.41) is 0. The molecule has 20 heavy (non-hydrogen) atoms. The number of carbonyl (C=O) groups excluding carboxylic acids is 1. The summed E-state index contributed by atoms with van der Waals surface area (Å²) < 4.78 is 5.84. The van der Waals surface area contributed by atoms with E-state index in [0.29, 0.717) is 6.42 Å². The van der Waals surface area contributed by atoms with Gasteiger partial charge in [-0.25, -0.2) is 0 Å².